The highest BCUT2D eigenvalue weighted by Gasteiger charge is 2.15. The van der Waals surface area contributed by atoms with Gasteiger partial charge in [-0.05, 0) is 48.4 Å². The van der Waals surface area contributed by atoms with Crippen LogP contribution in [0.25, 0.3) is 6.08 Å². The van der Waals surface area contributed by atoms with Gasteiger partial charge in [-0.25, -0.2) is 4.99 Å². The lowest BCUT2D eigenvalue weighted by atomic mass is 10.2. The third-order valence-corrected chi connectivity index (χ3v) is 5.41. The maximum atomic E-state index is 12.8. The van der Waals surface area contributed by atoms with Gasteiger partial charge in [0.2, 0.25) is 0 Å². The van der Waals surface area contributed by atoms with Crippen LogP contribution in [0.15, 0.2) is 58.3 Å². The monoisotopic (exact) mass is 369 g/mol. The number of rotatable bonds is 2. The van der Waals surface area contributed by atoms with Crippen LogP contribution in [0.4, 0.5) is 5.69 Å². The zero-order valence-corrected chi connectivity index (χ0v) is 15.2. The van der Waals surface area contributed by atoms with Crippen molar-refractivity contribution < 1.29 is 0 Å². The summed E-state index contributed by atoms with van der Waals surface area (Å²) in [6.45, 7) is 3.14. The summed E-state index contributed by atoms with van der Waals surface area (Å²) in [5.41, 5.74) is 3.22. The molecule has 25 heavy (non-hydrogen) atoms. The fourth-order valence-electron chi connectivity index (χ4n) is 2.81. The molecule has 126 valence electrons. The molecule has 1 aliphatic heterocycles. The Kier molecular flexibility index (Phi) is 4.19. The largest absolute Gasteiger partial charge is 0.334 e. The molecule has 0 bridgehead atoms. The van der Waals surface area contributed by atoms with Crippen molar-refractivity contribution in [2.45, 2.75) is 13.6 Å². The Morgan fingerprint density at radius 1 is 1.20 bits per heavy atom. The molecule has 4 nitrogen and oxygen atoms in total. The summed E-state index contributed by atoms with van der Waals surface area (Å²) in [7, 11) is 0. The van der Waals surface area contributed by atoms with E-state index in [0.717, 1.165) is 16.1 Å². The minimum Gasteiger partial charge on any atom is -0.334 e. The molecule has 0 unspecified atom stereocenters. The van der Waals surface area contributed by atoms with E-state index in [1.165, 1.54) is 16.9 Å². The minimum atomic E-state index is -0.00365. The predicted octanol–water partition coefficient (Wildman–Crippen LogP) is 2.76. The number of aryl methyl sites for hydroxylation is 1. The van der Waals surface area contributed by atoms with Crippen molar-refractivity contribution in [3.63, 3.8) is 0 Å². The normalized spacial score (nSPS) is 14.3. The van der Waals surface area contributed by atoms with Gasteiger partial charge in [0.25, 0.3) is 5.56 Å². The zero-order valence-electron chi connectivity index (χ0n) is 13.6. The molecule has 6 heteroatoms. The third-order valence-electron chi connectivity index (χ3n) is 4.11. The highest BCUT2D eigenvalue weighted by molar-refractivity contribution is 7.07. The molecule has 0 radical (unpaired) electrons. The molecule has 0 amide bonds. The van der Waals surface area contributed by atoms with E-state index < -0.39 is 0 Å². The van der Waals surface area contributed by atoms with E-state index in [4.69, 9.17) is 11.6 Å². The first-order chi connectivity index (χ1) is 12.1. The Hall–Kier alpha value is -2.37. The van der Waals surface area contributed by atoms with E-state index in [9.17, 15) is 4.79 Å². The fourth-order valence-corrected chi connectivity index (χ4v) is 3.90. The van der Waals surface area contributed by atoms with Gasteiger partial charge in [0.05, 0.1) is 4.53 Å². The van der Waals surface area contributed by atoms with Gasteiger partial charge in [0.15, 0.2) is 4.80 Å². The van der Waals surface area contributed by atoms with Gasteiger partial charge in [-0.3, -0.25) is 9.36 Å². The van der Waals surface area contributed by atoms with Crippen LogP contribution < -0.4 is 19.8 Å². The van der Waals surface area contributed by atoms with Crippen LogP contribution in [-0.4, -0.2) is 11.2 Å². The number of anilines is 1. The molecule has 0 saturated heterocycles. The molecule has 0 aliphatic carbocycles. The van der Waals surface area contributed by atoms with Crippen molar-refractivity contribution in [1.82, 2.24) is 4.57 Å². The van der Waals surface area contributed by atoms with Crippen LogP contribution in [0.5, 0.6) is 0 Å². The summed E-state index contributed by atoms with van der Waals surface area (Å²) >= 11 is 7.35. The van der Waals surface area contributed by atoms with E-state index in [2.05, 4.69) is 28.9 Å². The Morgan fingerprint density at radius 2 is 2.00 bits per heavy atom. The van der Waals surface area contributed by atoms with E-state index in [0.29, 0.717) is 22.9 Å². The Morgan fingerprint density at radius 3 is 2.76 bits per heavy atom. The molecular weight excluding hydrogens is 354 g/mol. The number of halogens is 1. The van der Waals surface area contributed by atoms with Gasteiger partial charge in [0, 0.05) is 10.7 Å². The van der Waals surface area contributed by atoms with Crippen molar-refractivity contribution in [3.8, 4) is 0 Å². The molecule has 0 fully saturated rings. The van der Waals surface area contributed by atoms with E-state index in [1.54, 1.807) is 4.57 Å². The lowest BCUT2D eigenvalue weighted by molar-refractivity contribution is 0.569. The van der Waals surface area contributed by atoms with Crippen LogP contribution in [0.2, 0.25) is 5.02 Å². The van der Waals surface area contributed by atoms with Crippen molar-refractivity contribution in [2.24, 2.45) is 4.99 Å². The van der Waals surface area contributed by atoms with Gasteiger partial charge in [0.1, 0.15) is 13.3 Å². The van der Waals surface area contributed by atoms with Gasteiger partial charge >= 0.3 is 0 Å². The fraction of sp³-hybridized carbons (Fsp3) is 0.158. The second-order valence-electron chi connectivity index (χ2n) is 6.00. The SMILES string of the molecule is Cc1cccc(N2CN=c3s/c(=C\c4ccc(Cl)cc4)c(=O)n3C2)c1. The molecule has 3 aromatic rings. The first kappa shape index (κ1) is 16.1. The summed E-state index contributed by atoms with van der Waals surface area (Å²) < 4.78 is 2.42. The molecule has 1 aliphatic rings. The quantitative estimate of drug-likeness (QED) is 0.696. The van der Waals surface area contributed by atoms with Gasteiger partial charge in [-0.15, -0.1) is 0 Å². The number of benzene rings is 2. The topological polar surface area (TPSA) is 37.6 Å². The standard InChI is InChI=1S/C19H16ClN3OS/c1-13-3-2-4-16(9-13)22-11-21-19-23(12-22)18(24)17(25-19)10-14-5-7-15(20)8-6-14/h2-10H,11-12H2,1H3/b17-10-. The number of hydrogen-bond acceptors (Lipinski definition) is 4. The van der Waals surface area contributed by atoms with Crippen LogP contribution in [0.1, 0.15) is 11.1 Å². The first-order valence-electron chi connectivity index (χ1n) is 7.93. The summed E-state index contributed by atoms with van der Waals surface area (Å²) in [6, 6.07) is 15.7. The van der Waals surface area contributed by atoms with Crippen LogP contribution in [-0.2, 0) is 6.67 Å². The Bertz CT molecular complexity index is 1100. The molecular formula is C19H16ClN3OS. The number of thiazole rings is 1. The molecule has 2 heterocycles. The molecule has 1 aromatic heterocycles. The molecule has 0 saturated carbocycles. The molecule has 2 aromatic carbocycles. The molecule has 0 N–H and O–H groups in total. The zero-order chi connectivity index (χ0) is 17.4. The predicted molar refractivity (Wildman–Crippen MR) is 103 cm³/mol. The second-order valence-corrected chi connectivity index (χ2v) is 7.44. The summed E-state index contributed by atoms with van der Waals surface area (Å²) in [5, 5.41) is 0.683. The molecule has 0 spiro atoms. The summed E-state index contributed by atoms with van der Waals surface area (Å²) in [4.78, 5) is 20.2. The van der Waals surface area contributed by atoms with Crippen molar-refractivity contribution in [3.05, 3.63) is 84.4 Å². The van der Waals surface area contributed by atoms with Gasteiger partial charge in [-0.2, -0.15) is 0 Å². The lowest BCUT2D eigenvalue weighted by Crippen LogP contribution is -2.42. The summed E-state index contributed by atoms with van der Waals surface area (Å²) in [5.74, 6) is 0. The number of hydrogen-bond donors (Lipinski definition) is 0. The van der Waals surface area contributed by atoms with Crippen molar-refractivity contribution >= 4 is 34.7 Å². The average molecular weight is 370 g/mol. The van der Waals surface area contributed by atoms with E-state index in [-0.39, 0.29) is 5.56 Å². The molecule has 0 atom stereocenters. The van der Waals surface area contributed by atoms with Crippen LogP contribution >= 0.6 is 22.9 Å². The Labute approximate surface area is 153 Å². The van der Waals surface area contributed by atoms with Gasteiger partial charge in [-0.1, -0.05) is 47.2 Å². The Balaban J connectivity index is 1.71. The van der Waals surface area contributed by atoms with Crippen molar-refractivity contribution in [1.29, 1.82) is 0 Å². The first-order valence-corrected chi connectivity index (χ1v) is 9.13. The average Bonchev–Trinajstić information content (AvgIpc) is 2.92. The second kappa shape index (κ2) is 6.50. The van der Waals surface area contributed by atoms with Crippen LogP contribution in [0, 0.1) is 6.92 Å². The smallest absolute Gasteiger partial charge is 0.271 e. The number of nitrogens with zero attached hydrogens (tertiary/aromatic N) is 3. The highest BCUT2D eigenvalue weighted by atomic mass is 35.5. The van der Waals surface area contributed by atoms with Crippen molar-refractivity contribution in [2.75, 3.05) is 11.6 Å². The van der Waals surface area contributed by atoms with E-state index in [1.807, 2.05) is 42.5 Å². The highest BCUT2D eigenvalue weighted by Crippen LogP contribution is 2.17. The van der Waals surface area contributed by atoms with Gasteiger partial charge < -0.3 is 4.90 Å². The number of aromatic nitrogens is 1. The number of fused-ring (bicyclic) bond motifs is 1. The minimum absolute atomic E-state index is 0.00365. The maximum absolute atomic E-state index is 12.8. The maximum Gasteiger partial charge on any atom is 0.271 e. The van der Waals surface area contributed by atoms with Crippen LogP contribution in [0.3, 0.4) is 0 Å². The lowest BCUT2D eigenvalue weighted by Gasteiger charge is -2.25. The molecule has 4 rings (SSSR count). The van der Waals surface area contributed by atoms with E-state index >= 15 is 0 Å². The summed E-state index contributed by atoms with van der Waals surface area (Å²) in [6.07, 6.45) is 1.89. The third kappa shape index (κ3) is 3.25.